The predicted octanol–water partition coefficient (Wildman–Crippen LogP) is 2.48. The number of nitrogens with one attached hydrogen (secondary N) is 1. The number of hydrogen-bond acceptors (Lipinski definition) is 3. The van der Waals surface area contributed by atoms with Gasteiger partial charge in [-0.1, -0.05) is 11.6 Å². The molecule has 2 heterocycles. The predicted molar refractivity (Wildman–Crippen MR) is 92.2 cm³/mol. The summed E-state index contributed by atoms with van der Waals surface area (Å²) >= 11 is 6.19. The first kappa shape index (κ1) is 16.5. The van der Waals surface area contributed by atoms with Gasteiger partial charge in [-0.2, -0.15) is 5.10 Å². The number of halogens is 1. The van der Waals surface area contributed by atoms with E-state index in [-0.39, 0.29) is 11.8 Å². The molecule has 1 fully saturated rings. The van der Waals surface area contributed by atoms with E-state index in [2.05, 4.69) is 10.4 Å². The average molecular weight is 347 g/mol. The van der Waals surface area contributed by atoms with Gasteiger partial charge in [-0.25, -0.2) is 0 Å². The molecule has 0 radical (unpaired) electrons. The summed E-state index contributed by atoms with van der Waals surface area (Å²) in [5.41, 5.74) is 1.12. The van der Waals surface area contributed by atoms with Crippen LogP contribution in [0.15, 0.2) is 36.7 Å². The standard InChI is InChI=1S/C17H19ClN4O2/c18-14-6-5-13(12-15(14)22-11-1-4-16(22)23)17(24)19-7-2-9-21-10-3-8-20-21/h3,5-6,8,10,12H,1-2,4,7,9,11H2,(H,19,24). The van der Waals surface area contributed by atoms with Gasteiger partial charge < -0.3 is 10.2 Å². The first-order valence-electron chi connectivity index (χ1n) is 8.01. The van der Waals surface area contributed by atoms with Gasteiger partial charge in [-0.15, -0.1) is 0 Å². The summed E-state index contributed by atoms with van der Waals surface area (Å²) < 4.78 is 1.82. The maximum Gasteiger partial charge on any atom is 0.251 e. The summed E-state index contributed by atoms with van der Waals surface area (Å²) in [7, 11) is 0. The lowest BCUT2D eigenvalue weighted by atomic mass is 10.1. The van der Waals surface area contributed by atoms with Crippen molar-refractivity contribution in [2.24, 2.45) is 0 Å². The molecule has 0 saturated carbocycles. The highest BCUT2D eigenvalue weighted by atomic mass is 35.5. The Hall–Kier alpha value is -2.34. The van der Waals surface area contributed by atoms with Crippen molar-refractivity contribution in [3.63, 3.8) is 0 Å². The molecule has 24 heavy (non-hydrogen) atoms. The van der Waals surface area contributed by atoms with Crippen LogP contribution in [0.5, 0.6) is 0 Å². The molecule has 1 aromatic heterocycles. The lowest BCUT2D eigenvalue weighted by Gasteiger charge is -2.18. The van der Waals surface area contributed by atoms with Gasteiger partial charge in [0.15, 0.2) is 0 Å². The van der Waals surface area contributed by atoms with Crippen LogP contribution in [0.2, 0.25) is 5.02 Å². The van der Waals surface area contributed by atoms with Crippen LogP contribution in [0.25, 0.3) is 0 Å². The fourth-order valence-corrected chi connectivity index (χ4v) is 2.96. The van der Waals surface area contributed by atoms with Crippen LogP contribution < -0.4 is 10.2 Å². The minimum Gasteiger partial charge on any atom is -0.352 e. The summed E-state index contributed by atoms with van der Waals surface area (Å²) in [5.74, 6) is -0.117. The summed E-state index contributed by atoms with van der Waals surface area (Å²) in [6.07, 6.45) is 5.76. The third kappa shape index (κ3) is 3.76. The molecule has 1 N–H and O–H groups in total. The number of benzene rings is 1. The highest BCUT2D eigenvalue weighted by Gasteiger charge is 2.24. The Balaban J connectivity index is 1.59. The van der Waals surface area contributed by atoms with E-state index < -0.39 is 0 Å². The minimum absolute atomic E-state index is 0.0497. The van der Waals surface area contributed by atoms with Crippen molar-refractivity contribution >= 4 is 29.1 Å². The van der Waals surface area contributed by atoms with E-state index in [1.807, 2.05) is 16.9 Å². The Labute approximate surface area is 145 Å². The number of nitrogens with zero attached hydrogens (tertiary/aromatic N) is 3. The van der Waals surface area contributed by atoms with Gasteiger partial charge in [0, 0.05) is 44.0 Å². The highest BCUT2D eigenvalue weighted by Crippen LogP contribution is 2.30. The van der Waals surface area contributed by atoms with E-state index >= 15 is 0 Å². The lowest BCUT2D eigenvalue weighted by Crippen LogP contribution is -2.27. The molecular weight excluding hydrogens is 328 g/mol. The van der Waals surface area contributed by atoms with Crippen LogP contribution in [0.4, 0.5) is 5.69 Å². The normalized spacial score (nSPS) is 14.2. The van der Waals surface area contributed by atoms with Crippen molar-refractivity contribution in [2.75, 3.05) is 18.0 Å². The maximum atomic E-state index is 12.3. The van der Waals surface area contributed by atoms with Crippen molar-refractivity contribution in [1.29, 1.82) is 0 Å². The number of carbonyl (C=O) groups is 2. The third-order valence-corrected chi connectivity index (χ3v) is 4.30. The molecule has 7 heteroatoms. The van der Waals surface area contributed by atoms with Gasteiger partial charge in [-0.05, 0) is 37.1 Å². The molecule has 1 aliphatic heterocycles. The van der Waals surface area contributed by atoms with Crippen LogP contribution in [-0.4, -0.2) is 34.7 Å². The molecule has 0 spiro atoms. The Bertz CT molecular complexity index is 730. The van der Waals surface area contributed by atoms with Crippen molar-refractivity contribution in [1.82, 2.24) is 15.1 Å². The maximum absolute atomic E-state index is 12.3. The Kier molecular flexibility index (Phi) is 5.15. The van der Waals surface area contributed by atoms with Crippen LogP contribution in [0.1, 0.15) is 29.6 Å². The van der Waals surface area contributed by atoms with Gasteiger partial charge in [0.05, 0.1) is 10.7 Å². The number of rotatable bonds is 6. The second-order valence-corrected chi connectivity index (χ2v) is 6.10. The second-order valence-electron chi connectivity index (χ2n) is 5.69. The molecular formula is C17H19ClN4O2. The quantitative estimate of drug-likeness (QED) is 0.817. The fourth-order valence-electron chi connectivity index (χ4n) is 2.74. The minimum atomic E-state index is -0.167. The third-order valence-electron chi connectivity index (χ3n) is 3.98. The molecule has 0 atom stereocenters. The Morgan fingerprint density at radius 1 is 1.38 bits per heavy atom. The topological polar surface area (TPSA) is 67.2 Å². The van der Waals surface area contributed by atoms with Gasteiger partial charge in [0.25, 0.3) is 5.91 Å². The highest BCUT2D eigenvalue weighted by molar-refractivity contribution is 6.34. The smallest absolute Gasteiger partial charge is 0.251 e. The molecule has 1 saturated heterocycles. The Morgan fingerprint density at radius 2 is 2.25 bits per heavy atom. The van der Waals surface area contributed by atoms with Crippen LogP contribution in [0.3, 0.4) is 0 Å². The number of aryl methyl sites for hydroxylation is 1. The molecule has 0 aliphatic carbocycles. The second kappa shape index (κ2) is 7.49. The molecule has 6 nitrogen and oxygen atoms in total. The molecule has 0 bridgehead atoms. The largest absolute Gasteiger partial charge is 0.352 e. The van der Waals surface area contributed by atoms with E-state index in [0.717, 1.165) is 19.4 Å². The number of amides is 2. The monoisotopic (exact) mass is 346 g/mol. The molecule has 2 aromatic rings. The van der Waals surface area contributed by atoms with Crippen molar-refractivity contribution in [2.45, 2.75) is 25.8 Å². The van der Waals surface area contributed by atoms with Gasteiger partial charge in [0.1, 0.15) is 0 Å². The summed E-state index contributed by atoms with van der Waals surface area (Å²) in [4.78, 5) is 25.8. The van der Waals surface area contributed by atoms with E-state index in [1.54, 1.807) is 29.3 Å². The molecule has 1 aliphatic rings. The molecule has 1 aromatic carbocycles. The van der Waals surface area contributed by atoms with Gasteiger partial charge in [0.2, 0.25) is 5.91 Å². The van der Waals surface area contributed by atoms with E-state index in [1.165, 1.54) is 0 Å². The van der Waals surface area contributed by atoms with Crippen molar-refractivity contribution < 1.29 is 9.59 Å². The van der Waals surface area contributed by atoms with Gasteiger partial charge >= 0.3 is 0 Å². The van der Waals surface area contributed by atoms with E-state index in [0.29, 0.717) is 35.8 Å². The lowest BCUT2D eigenvalue weighted by molar-refractivity contribution is -0.117. The van der Waals surface area contributed by atoms with Crippen LogP contribution in [-0.2, 0) is 11.3 Å². The molecule has 3 rings (SSSR count). The zero-order valence-corrected chi connectivity index (χ0v) is 14.0. The number of anilines is 1. The summed E-state index contributed by atoms with van der Waals surface area (Å²) in [6.45, 7) is 1.95. The summed E-state index contributed by atoms with van der Waals surface area (Å²) in [6, 6.07) is 6.90. The van der Waals surface area contributed by atoms with Crippen LogP contribution in [0, 0.1) is 0 Å². The Morgan fingerprint density at radius 3 is 2.96 bits per heavy atom. The zero-order valence-electron chi connectivity index (χ0n) is 13.2. The summed E-state index contributed by atoms with van der Waals surface area (Å²) in [5, 5.41) is 7.49. The average Bonchev–Trinajstić information content (AvgIpc) is 3.23. The van der Waals surface area contributed by atoms with E-state index in [4.69, 9.17) is 11.6 Å². The SMILES string of the molecule is O=C(NCCCn1cccn1)c1ccc(Cl)c(N2CCCC2=O)c1. The molecule has 0 unspecified atom stereocenters. The zero-order chi connectivity index (χ0) is 16.9. The first-order valence-corrected chi connectivity index (χ1v) is 8.38. The number of aromatic nitrogens is 2. The first-order chi connectivity index (χ1) is 11.6. The molecule has 2 amide bonds. The number of hydrogen-bond donors (Lipinski definition) is 1. The van der Waals surface area contributed by atoms with Crippen molar-refractivity contribution in [3.05, 3.63) is 47.2 Å². The molecule has 126 valence electrons. The number of carbonyl (C=O) groups excluding carboxylic acids is 2. The van der Waals surface area contributed by atoms with Crippen LogP contribution >= 0.6 is 11.6 Å². The van der Waals surface area contributed by atoms with Crippen molar-refractivity contribution in [3.8, 4) is 0 Å². The van der Waals surface area contributed by atoms with Gasteiger partial charge in [-0.3, -0.25) is 14.3 Å². The van der Waals surface area contributed by atoms with E-state index in [9.17, 15) is 9.59 Å². The fraction of sp³-hybridized carbons (Fsp3) is 0.353.